The minimum atomic E-state index is -0.813. The van der Waals surface area contributed by atoms with E-state index in [-0.39, 0.29) is 5.91 Å². The van der Waals surface area contributed by atoms with E-state index in [1.54, 1.807) is 38.1 Å². The summed E-state index contributed by atoms with van der Waals surface area (Å²) in [6, 6.07) is 8.81. The summed E-state index contributed by atoms with van der Waals surface area (Å²) >= 11 is 0. The van der Waals surface area contributed by atoms with Crippen molar-refractivity contribution in [2.75, 3.05) is 0 Å². The van der Waals surface area contributed by atoms with Crippen LogP contribution in [0.25, 0.3) is 0 Å². The minimum absolute atomic E-state index is 0.234. The van der Waals surface area contributed by atoms with Crippen LogP contribution in [0.15, 0.2) is 30.3 Å². The highest BCUT2D eigenvalue weighted by Gasteiger charge is 2.19. The average Bonchev–Trinajstić information content (AvgIpc) is 2.19. The Bertz CT molecular complexity index is 330. The van der Waals surface area contributed by atoms with Gasteiger partial charge in [0.05, 0.1) is 5.54 Å². The summed E-state index contributed by atoms with van der Waals surface area (Å²) in [5.74, 6) is -0.234. The molecule has 0 aliphatic heterocycles. The lowest BCUT2D eigenvalue weighted by Gasteiger charge is -2.18. The number of rotatable bonds is 3. The van der Waals surface area contributed by atoms with Gasteiger partial charge in [0, 0.05) is 5.56 Å². The molecule has 1 amide bonds. The lowest BCUT2D eigenvalue weighted by molar-refractivity contribution is -0.112. The van der Waals surface area contributed by atoms with E-state index in [1.807, 2.05) is 6.07 Å². The Labute approximate surface area is 83.1 Å². The molecule has 0 spiro atoms. The fourth-order valence-corrected chi connectivity index (χ4v) is 0.984. The van der Waals surface area contributed by atoms with Crippen LogP contribution in [0.3, 0.4) is 0 Å². The topological polar surface area (TPSA) is 46.2 Å². The van der Waals surface area contributed by atoms with E-state index in [0.717, 1.165) is 0 Å². The second-order valence-electron chi connectivity index (χ2n) is 3.66. The summed E-state index contributed by atoms with van der Waals surface area (Å²) in [6.45, 7) is 3.31. The zero-order chi connectivity index (χ0) is 10.6. The molecule has 0 fully saturated rings. The first kappa shape index (κ1) is 10.4. The number of nitrogens with one attached hydrogen (secondary N) is 1. The number of amides is 1. The van der Waals surface area contributed by atoms with E-state index in [1.165, 1.54) is 0 Å². The molecule has 0 aromatic heterocycles. The van der Waals surface area contributed by atoms with E-state index in [0.29, 0.717) is 11.8 Å². The van der Waals surface area contributed by atoms with Gasteiger partial charge in [-0.3, -0.25) is 4.79 Å². The maximum absolute atomic E-state index is 11.5. The SMILES string of the molecule is CC(C)(C=O)NC(=O)c1ccccc1. The quantitative estimate of drug-likeness (QED) is 0.734. The van der Waals surface area contributed by atoms with Crippen LogP contribution in [-0.2, 0) is 4.79 Å². The third-order valence-corrected chi connectivity index (χ3v) is 1.77. The number of carbonyl (C=O) groups excluding carboxylic acids is 2. The highest BCUT2D eigenvalue weighted by Crippen LogP contribution is 2.02. The van der Waals surface area contributed by atoms with Crippen molar-refractivity contribution < 1.29 is 9.59 Å². The average molecular weight is 191 g/mol. The van der Waals surface area contributed by atoms with Crippen LogP contribution >= 0.6 is 0 Å². The van der Waals surface area contributed by atoms with Gasteiger partial charge in [-0.2, -0.15) is 0 Å². The summed E-state index contributed by atoms with van der Waals surface area (Å²) < 4.78 is 0. The Hall–Kier alpha value is -1.64. The maximum Gasteiger partial charge on any atom is 0.252 e. The molecular formula is C11H13NO2. The predicted octanol–water partition coefficient (Wildman–Crippen LogP) is 1.39. The summed E-state index contributed by atoms with van der Waals surface area (Å²) in [5.41, 5.74) is -0.255. The molecule has 0 radical (unpaired) electrons. The van der Waals surface area contributed by atoms with Gasteiger partial charge in [0.1, 0.15) is 6.29 Å². The van der Waals surface area contributed by atoms with Crippen LogP contribution < -0.4 is 5.32 Å². The molecule has 14 heavy (non-hydrogen) atoms. The molecule has 0 aliphatic rings. The molecular weight excluding hydrogens is 178 g/mol. The molecule has 3 nitrogen and oxygen atoms in total. The second-order valence-corrected chi connectivity index (χ2v) is 3.66. The number of aldehydes is 1. The van der Waals surface area contributed by atoms with Crippen LogP contribution in [0.4, 0.5) is 0 Å². The van der Waals surface area contributed by atoms with Crippen LogP contribution in [-0.4, -0.2) is 17.7 Å². The lowest BCUT2D eigenvalue weighted by Crippen LogP contribution is -2.44. The highest BCUT2D eigenvalue weighted by molar-refractivity contribution is 5.96. The van der Waals surface area contributed by atoms with E-state index in [2.05, 4.69) is 5.32 Å². The number of benzene rings is 1. The molecule has 0 bridgehead atoms. The fourth-order valence-electron chi connectivity index (χ4n) is 0.984. The Balaban J connectivity index is 2.74. The van der Waals surface area contributed by atoms with Gasteiger partial charge >= 0.3 is 0 Å². The summed E-state index contributed by atoms with van der Waals surface area (Å²) in [5, 5.41) is 2.62. The molecule has 1 aromatic carbocycles. The van der Waals surface area contributed by atoms with Gasteiger partial charge in [-0.15, -0.1) is 0 Å². The molecule has 0 saturated carbocycles. The fraction of sp³-hybridized carbons (Fsp3) is 0.273. The van der Waals surface area contributed by atoms with Gasteiger partial charge in [0.15, 0.2) is 0 Å². The molecule has 0 unspecified atom stereocenters. The molecule has 1 rings (SSSR count). The molecule has 1 N–H and O–H groups in total. The van der Waals surface area contributed by atoms with Crippen molar-refractivity contribution in [2.45, 2.75) is 19.4 Å². The Morgan fingerprint density at radius 3 is 2.36 bits per heavy atom. The molecule has 0 atom stereocenters. The van der Waals surface area contributed by atoms with E-state index in [4.69, 9.17) is 0 Å². The van der Waals surface area contributed by atoms with Gasteiger partial charge < -0.3 is 10.1 Å². The smallest absolute Gasteiger partial charge is 0.252 e. The van der Waals surface area contributed by atoms with E-state index < -0.39 is 5.54 Å². The summed E-state index contributed by atoms with van der Waals surface area (Å²) in [6.07, 6.45) is 0.716. The summed E-state index contributed by atoms with van der Waals surface area (Å²) in [4.78, 5) is 22.1. The van der Waals surface area contributed by atoms with Crippen LogP contribution in [0.2, 0.25) is 0 Å². The third-order valence-electron chi connectivity index (χ3n) is 1.77. The number of hydrogen-bond donors (Lipinski definition) is 1. The number of hydrogen-bond acceptors (Lipinski definition) is 2. The van der Waals surface area contributed by atoms with Gasteiger partial charge in [-0.25, -0.2) is 0 Å². The first-order valence-electron chi connectivity index (χ1n) is 4.39. The molecule has 1 aromatic rings. The Kier molecular flexibility index (Phi) is 3.02. The standard InChI is InChI=1S/C11H13NO2/c1-11(2,8-13)12-10(14)9-6-4-3-5-7-9/h3-8H,1-2H3,(H,12,14). The summed E-state index contributed by atoms with van der Waals surface area (Å²) in [7, 11) is 0. The van der Waals surface area contributed by atoms with Crippen molar-refractivity contribution in [3.05, 3.63) is 35.9 Å². The second kappa shape index (κ2) is 4.05. The normalized spacial score (nSPS) is 10.7. The van der Waals surface area contributed by atoms with Gasteiger partial charge in [0.2, 0.25) is 0 Å². The van der Waals surface area contributed by atoms with Crippen LogP contribution in [0, 0.1) is 0 Å². The van der Waals surface area contributed by atoms with Crippen molar-refractivity contribution in [1.82, 2.24) is 5.32 Å². The Morgan fingerprint density at radius 2 is 1.86 bits per heavy atom. The largest absolute Gasteiger partial charge is 0.340 e. The predicted molar refractivity (Wildman–Crippen MR) is 54.1 cm³/mol. The molecule has 74 valence electrons. The first-order valence-corrected chi connectivity index (χ1v) is 4.39. The third kappa shape index (κ3) is 2.69. The monoisotopic (exact) mass is 191 g/mol. The van der Waals surface area contributed by atoms with Gasteiger partial charge in [-0.05, 0) is 26.0 Å². The van der Waals surface area contributed by atoms with Crippen molar-refractivity contribution in [1.29, 1.82) is 0 Å². The first-order chi connectivity index (χ1) is 6.55. The highest BCUT2D eigenvalue weighted by atomic mass is 16.2. The van der Waals surface area contributed by atoms with Gasteiger partial charge in [0.25, 0.3) is 5.91 Å². The number of carbonyl (C=O) groups is 2. The maximum atomic E-state index is 11.5. The molecule has 0 heterocycles. The van der Waals surface area contributed by atoms with Crippen molar-refractivity contribution >= 4 is 12.2 Å². The van der Waals surface area contributed by atoms with Crippen molar-refractivity contribution in [2.24, 2.45) is 0 Å². The van der Waals surface area contributed by atoms with Crippen molar-refractivity contribution in [3.8, 4) is 0 Å². The molecule has 0 saturated heterocycles. The van der Waals surface area contributed by atoms with Crippen molar-refractivity contribution in [3.63, 3.8) is 0 Å². The Morgan fingerprint density at radius 1 is 1.29 bits per heavy atom. The molecule has 0 aliphatic carbocycles. The van der Waals surface area contributed by atoms with Crippen LogP contribution in [0.5, 0.6) is 0 Å². The zero-order valence-electron chi connectivity index (χ0n) is 8.28. The minimum Gasteiger partial charge on any atom is -0.340 e. The lowest BCUT2D eigenvalue weighted by atomic mass is 10.1. The molecule has 3 heteroatoms. The van der Waals surface area contributed by atoms with E-state index in [9.17, 15) is 9.59 Å². The van der Waals surface area contributed by atoms with Gasteiger partial charge in [-0.1, -0.05) is 18.2 Å². The van der Waals surface area contributed by atoms with Crippen LogP contribution in [0.1, 0.15) is 24.2 Å². The van der Waals surface area contributed by atoms with E-state index >= 15 is 0 Å². The zero-order valence-corrected chi connectivity index (χ0v) is 8.28.